The summed E-state index contributed by atoms with van der Waals surface area (Å²) in [4.78, 5) is 11.4. The zero-order valence-electron chi connectivity index (χ0n) is 11.0. The Hall–Kier alpha value is -1.16. The van der Waals surface area contributed by atoms with Gasteiger partial charge in [0.2, 0.25) is 5.95 Å². The first-order chi connectivity index (χ1) is 8.26. The smallest absolute Gasteiger partial charge is 0.225 e. The second kappa shape index (κ2) is 5.45. The summed E-state index contributed by atoms with van der Waals surface area (Å²) in [6.07, 6.45) is 7.54. The van der Waals surface area contributed by atoms with Crippen LogP contribution in [-0.2, 0) is 6.54 Å². The average Bonchev–Trinajstić information content (AvgIpc) is 2.72. The lowest BCUT2D eigenvalue weighted by atomic mass is 10.2. The van der Waals surface area contributed by atoms with Crippen molar-refractivity contribution in [2.24, 2.45) is 0 Å². The van der Waals surface area contributed by atoms with Crippen LogP contribution in [0.1, 0.15) is 38.7 Å². The zero-order valence-corrected chi connectivity index (χ0v) is 11.0. The summed E-state index contributed by atoms with van der Waals surface area (Å²) in [5.41, 5.74) is 1.14. The summed E-state index contributed by atoms with van der Waals surface area (Å²) in [5, 5.41) is 3.11. The Bertz CT molecular complexity index is 349. The number of rotatable bonds is 4. The average molecular weight is 234 g/mol. The van der Waals surface area contributed by atoms with Gasteiger partial charge in [-0.1, -0.05) is 6.92 Å². The maximum absolute atomic E-state index is 4.50. The third kappa shape index (κ3) is 2.57. The van der Waals surface area contributed by atoms with Gasteiger partial charge in [0.25, 0.3) is 0 Å². The SMILES string of the molecule is CCC1CCC(C)N1c1ncc(CNC)cn1. The lowest BCUT2D eigenvalue weighted by molar-refractivity contribution is 0.612. The minimum absolute atomic E-state index is 0.565. The van der Waals surface area contributed by atoms with E-state index in [-0.39, 0.29) is 0 Å². The molecule has 2 rings (SSSR count). The van der Waals surface area contributed by atoms with E-state index in [0.29, 0.717) is 12.1 Å². The van der Waals surface area contributed by atoms with Gasteiger partial charge in [-0.2, -0.15) is 0 Å². The largest absolute Gasteiger partial charge is 0.335 e. The van der Waals surface area contributed by atoms with Gasteiger partial charge >= 0.3 is 0 Å². The van der Waals surface area contributed by atoms with Crippen molar-refractivity contribution in [2.45, 2.75) is 51.7 Å². The van der Waals surface area contributed by atoms with E-state index >= 15 is 0 Å². The molecule has 0 amide bonds. The summed E-state index contributed by atoms with van der Waals surface area (Å²) < 4.78 is 0. The van der Waals surface area contributed by atoms with Crippen LogP contribution in [0.15, 0.2) is 12.4 Å². The molecular weight excluding hydrogens is 212 g/mol. The first-order valence-corrected chi connectivity index (χ1v) is 6.50. The maximum Gasteiger partial charge on any atom is 0.225 e. The van der Waals surface area contributed by atoms with E-state index in [9.17, 15) is 0 Å². The van der Waals surface area contributed by atoms with Gasteiger partial charge in [-0.15, -0.1) is 0 Å². The van der Waals surface area contributed by atoms with Gasteiger partial charge in [-0.3, -0.25) is 0 Å². The lowest BCUT2D eigenvalue weighted by Crippen LogP contribution is -2.35. The summed E-state index contributed by atoms with van der Waals surface area (Å²) in [6, 6.07) is 1.18. The highest BCUT2D eigenvalue weighted by atomic mass is 15.3. The monoisotopic (exact) mass is 234 g/mol. The van der Waals surface area contributed by atoms with Gasteiger partial charge < -0.3 is 10.2 Å². The normalized spacial score (nSPS) is 24.3. The molecule has 1 aliphatic rings. The molecule has 2 unspecified atom stereocenters. The first kappa shape index (κ1) is 12.3. The standard InChI is InChI=1S/C13H22N4/c1-4-12-6-5-10(2)17(12)13-15-8-11(7-14-3)9-16-13/h8-10,12,14H,4-7H2,1-3H3. The maximum atomic E-state index is 4.50. The molecule has 4 heteroatoms. The number of hydrogen-bond acceptors (Lipinski definition) is 4. The van der Waals surface area contributed by atoms with Crippen LogP contribution in [0.3, 0.4) is 0 Å². The van der Waals surface area contributed by atoms with E-state index in [0.717, 1.165) is 18.1 Å². The molecule has 1 N–H and O–H groups in total. The molecule has 4 nitrogen and oxygen atoms in total. The fourth-order valence-electron chi connectivity index (χ4n) is 2.61. The molecule has 1 fully saturated rings. The predicted molar refractivity (Wildman–Crippen MR) is 70.0 cm³/mol. The van der Waals surface area contributed by atoms with Gasteiger partial charge in [0.15, 0.2) is 0 Å². The predicted octanol–water partition coefficient (Wildman–Crippen LogP) is 1.96. The van der Waals surface area contributed by atoms with E-state index in [1.165, 1.54) is 19.3 Å². The minimum Gasteiger partial charge on any atom is -0.335 e. The lowest BCUT2D eigenvalue weighted by Gasteiger charge is -2.27. The van der Waals surface area contributed by atoms with E-state index < -0.39 is 0 Å². The van der Waals surface area contributed by atoms with Crippen LogP contribution in [0, 0.1) is 0 Å². The first-order valence-electron chi connectivity index (χ1n) is 6.50. The van der Waals surface area contributed by atoms with Crippen LogP contribution in [0.4, 0.5) is 5.95 Å². The molecule has 2 atom stereocenters. The third-order valence-electron chi connectivity index (χ3n) is 3.56. The van der Waals surface area contributed by atoms with Crippen molar-refractivity contribution in [3.05, 3.63) is 18.0 Å². The van der Waals surface area contributed by atoms with Gasteiger partial charge in [-0.05, 0) is 33.2 Å². The van der Waals surface area contributed by atoms with E-state index in [4.69, 9.17) is 0 Å². The molecule has 2 heterocycles. The van der Waals surface area contributed by atoms with Crippen LogP contribution in [0.2, 0.25) is 0 Å². The van der Waals surface area contributed by atoms with E-state index in [2.05, 4.69) is 34.0 Å². The zero-order chi connectivity index (χ0) is 12.3. The quantitative estimate of drug-likeness (QED) is 0.864. The van der Waals surface area contributed by atoms with Crippen molar-refractivity contribution in [3.8, 4) is 0 Å². The second-order valence-electron chi connectivity index (χ2n) is 4.82. The topological polar surface area (TPSA) is 41.1 Å². The third-order valence-corrected chi connectivity index (χ3v) is 3.56. The van der Waals surface area contributed by atoms with Crippen LogP contribution >= 0.6 is 0 Å². The Morgan fingerprint density at radius 2 is 2.06 bits per heavy atom. The van der Waals surface area contributed by atoms with Gasteiger partial charge in [0.05, 0.1) is 0 Å². The molecule has 0 aliphatic carbocycles. The van der Waals surface area contributed by atoms with Crippen LogP contribution in [-0.4, -0.2) is 29.1 Å². The van der Waals surface area contributed by atoms with Gasteiger partial charge in [-0.25, -0.2) is 9.97 Å². The van der Waals surface area contributed by atoms with Crippen LogP contribution in [0.25, 0.3) is 0 Å². The molecule has 1 aromatic rings. The minimum atomic E-state index is 0.565. The fraction of sp³-hybridized carbons (Fsp3) is 0.692. The van der Waals surface area contributed by atoms with Gasteiger partial charge in [0.1, 0.15) is 0 Å². The molecule has 0 spiro atoms. The highest BCUT2D eigenvalue weighted by molar-refractivity contribution is 5.35. The summed E-state index contributed by atoms with van der Waals surface area (Å²) in [6.45, 7) is 5.33. The number of anilines is 1. The van der Waals surface area contributed by atoms with Crippen molar-refractivity contribution in [1.29, 1.82) is 0 Å². The Kier molecular flexibility index (Phi) is 3.94. The molecule has 1 aliphatic heterocycles. The summed E-state index contributed by atoms with van der Waals surface area (Å²) in [7, 11) is 1.93. The second-order valence-corrected chi connectivity index (χ2v) is 4.82. The number of nitrogens with zero attached hydrogens (tertiary/aromatic N) is 3. The number of hydrogen-bond donors (Lipinski definition) is 1. The van der Waals surface area contributed by atoms with Crippen LogP contribution in [0.5, 0.6) is 0 Å². The Balaban J connectivity index is 2.15. The van der Waals surface area contributed by atoms with Crippen molar-refractivity contribution in [1.82, 2.24) is 15.3 Å². The molecular formula is C13H22N4. The molecule has 0 saturated carbocycles. The molecule has 0 radical (unpaired) electrons. The van der Waals surface area contributed by atoms with Crippen molar-refractivity contribution in [2.75, 3.05) is 11.9 Å². The van der Waals surface area contributed by atoms with Crippen molar-refractivity contribution < 1.29 is 0 Å². The number of nitrogens with one attached hydrogen (secondary N) is 1. The summed E-state index contributed by atoms with van der Waals surface area (Å²) in [5.74, 6) is 0.890. The summed E-state index contributed by atoms with van der Waals surface area (Å²) >= 11 is 0. The van der Waals surface area contributed by atoms with E-state index in [1.54, 1.807) is 0 Å². The highest BCUT2D eigenvalue weighted by Crippen LogP contribution is 2.29. The highest BCUT2D eigenvalue weighted by Gasteiger charge is 2.30. The molecule has 1 aromatic heterocycles. The molecule has 0 aromatic carbocycles. The Labute approximate surface area is 103 Å². The fourth-order valence-corrected chi connectivity index (χ4v) is 2.61. The Morgan fingerprint density at radius 3 is 2.65 bits per heavy atom. The van der Waals surface area contributed by atoms with Gasteiger partial charge in [0, 0.05) is 36.6 Å². The molecule has 94 valence electrons. The van der Waals surface area contributed by atoms with Crippen molar-refractivity contribution >= 4 is 5.95 Å². The molecule has 0 bridgehead atoms. The van der Waals surface area contributed by atoms with Crippen LogP contribution < -0.4 is 10.2 Å². The molecule has 1 saturated heterocycles. The number of aromatic nitrogens is 2. The Morgan fingerprint density at radius 1 is 1.35 bits per heavy atom. The van der Waals surface area contributed by atoms with Crippen molar-refractivity contribution in [3.63, 3.8) is 0 Å². The van der Waals surface area contributed by atoms with E-state index in [1.807, 2.05) is 19.4 Å². The molecule has 17 heavy (non-hydrogen) atoms.